The van der Waals surface area contributed by atoms with Gasteiger partial charge < -0.3 is 20.7 Å². The van der Waals surface area contributed by atoms with Crippen LogP contribution >= 0.6 is 0 Å². The van der Waals surface area contributed by atoms with Crippen molar-refractivity contribution in [3.63, 3.8) is 0 Å². The highest BCUT2D eigenvalue weighted by Crippen LogP contribution is 2.25. The van der Waals surface area contributed by atoms with Gasteiger partial charge in [0.25, 0.3) is 11.8 Å². The third kappa shape index (κ3) is 9.12. The van der Waals surface area contributed by atoms with Gasteiger partial charge in [0.1, 0.15) is 23.1 Å². The van der Waals surface area contributed by atoms with Gasteiger partial charge in [0, 0.05) is 12.6 Å². The van der Waals surface area contributed by atoms with Crippen LogP contribution < -0.4 is 20.7 Å². The molecular weight excluding hydrogens is 548 g/mol. The molecule has 13 heteroatoms. The van der Waals surface area contributed by atoms with Gasteiger partial charge in [-0.3, -0.25) is 24.2 Å². The normalized spacial score (nSPS) is 12.1. The Morgan fingerprint density at radius 1 is 0.951 bits per heavy atom. The minimum absolute atomic E-state index is 0.0400. The molecule has 0 aliphatic rings. The fourth-order valence-corrected chi connectivity index (χ4v) is 3.60. The maximum atomic E-state index is 14.3. The van der Waals surface area contributed by atoms with E-state index in [-0.39, 0.29) is 13.0 Å². The van der Waals surface area contributed by atoms with Crippen LogP contribution in [0, 0.1) is 5.82 Å². The number of carbonyl (C=O) groups excluding carboxylic acids is 4. The Bertz CT molecular complexity index is 1400. The fraction of sp³-hybridized carbons (Fsp3) is 0.250. The zero-order valence-electron chi connectivity index (χ0n) is 21.9. The summed E-state index contributed by atoms with van der Waals surface area (Å²) in [5, 5.41) is 7.14. The standard InChI is InChI=1S/C28H26F4N4O5/c1-27(2,36-24(38)20-15-19(11-12-21(20)29)41-28(30,31)32)26(40)35-22(14-17-8-4-3-5-9-17)23(37)25(39)34-16-18-10-6-7-13-33-18/h3-13,15,22H,14,16H2,1-2H3,(H,34,39)(H,35,40)(H,36,38)/t22-/m1/s1. The van der Waals surface area contributed by atoms with Crippen molar-refractivity contribution in [3.05, 3.63) is 95.6 Å². The Kier molecular flexibility index (Phi) is 9.76. The maximum Gasteiger partial charge on any atom is 0.573 e. The van der Waals surface area contributed by atoms with Crippen LogP contribution in [0.1, 0.15) is 35.5 Å². The molecule has 0 bridgehead atoms. The Morgan fingerprint density at radius 2 is 1.63 bits per heavy atom. The average molecular weight is 575 g/mol. The first-order valence-corrected chi connectivity index (χ1v) is 12.2. The second-order valence-electron chi connectivity index (χ2n) is 9.35. The van der Waals surface area contributed by atoms with Gasteiger partial charge in [-0.25, -0.2) is 4.39 Å². The first-order valence-electron chi connectivity index (χ1n) is 12.2. The first kappa shape index (κ1) is 30.7. The van der Waals surface area contributed by atoms with Crippen LogP contribution in [0.25, 0.3) is 0 Å². The molecule has 216 valence electrons. The van der Waals surface area contributed by atoms with E-state index in [4.69, 9.17) is 0 Å². The SMILES string of the molecule is CC(C)(NC(=O)c1cc(OC(F)(F)F)ccc1F)C(=O)N[C@H](Cc1ccccc1)C(=O)C(=O)NCc1ccccn1. The fourth-order valence-electron chi connectivity index (χ4n) is 3.60. The van der Waals surface area contributed by atoms with Gasteiger partial charge in [-0.1, -0.05) is 36.4 Å². The minimum atomic E-state index is -5.07. The number of pyridine rings is 1. The summed E-state index contributed by atoms with van der Waals surface area (Å²) < 4.78 is 55.7. The van der Waals surface area contributed by atoms with Gasteiger partial charge in [-0.2, -0.15) is 0 Å². The van der Waals surface area contributed by atoms with E-state index in [0.717, 1.165) is 0 Å². The summed E-state index contributed by atoms with van der Waals surface area (Å²) in [6.45, 7) is 2.43. The van der Waals surface area contributed by atoms with Gasteiger partial charge in [0.15, 0.2) is 0 Å². The molecule has 0 aliphatic carbocycles. The molecule has 3 amide bonds. The second-order valence-corrected chi connectivity index (χ2v) is 9.35. The van der Waals surface area contributed by atoms with E-state index in [1.807, 2.05) is 0 Å². The molecule has 3 N–H and O–H groups in total. The highest BCUT2D eigenvalue weighted by molar-refractivity contribution is 6.38. The van der Waals surface area contributed by atoms with E-state index in [2.05, 4.69) is 25.7 Å². The topological polar surface area (TPSA) is 126 Å². The van der Waals surface area contributed by atoms with Crippen LogP contribution in [0.5, 0.6) is 5.75 Å². The van der Waals surface area contributed by atoms with Crippen LogP contribution in [0.2, 0.25) is 0 Å². The van der Waals surface area contributed by atoms with Gasteiger partial charge in [0.05, 0.1) is 17.8 Å². The molecule has 1 heterocycles. The lowest BCUT2D eigenvalue weighted by atomic mass is 9.98. The molecule has 0 radical (unpaired) electrons. The lowest BCUT2D eigenvalue weighted by Gasteiger charge is -2.28. The summed E-state index contributed by atoms with van der Waals surface area (Å²) in [7, 11) is 0. The highest BCUT2D eigenvalue weighted by atomic mass is 19.4. The number of halogens is 4. The molecule has 0 spiro atoms. The van der Waals surface area contributed by atoms with Gasteiger partial charge in [-0.15, -0.1) is 13.2 Å². The molecule has 3 aromatic rings. The predicted octanol–water partition coefficient (Wildman–Crippen LogP) is 3.24. The number of nitrogens with one attached hydrogen (secondary N) is 3. The van der Waals surface area contributed by atoms with Crippen molar-refractivity contribution in [2.45, 2.75) is 44.8 Å². The molecule has 1 aromatic heterocycles. The van der Waals surface area contributed by atoms with Gasteiger partial charge >= 0.3 is 6.36 Å². The summed E-state index contributed by atoms with van der Waals surface area (Å²) >= 11 is 0. The Balaban J connectivity index is 1.75. The molecule has 41 heavy (non-hydrogen) atoms. The molecule has 3 rings (SSSR count). The molecular formula is C28H26F4N4O5. The highest BCUT2D eigenvalue weighted by Gasteiger charge is 2.36. The van der Waals surface area contributed by atoms with Crippen molar-refractivity contribution >= 4 is 23.5 Å². The summed E-state index contributed by atoms with van der Waals surface area (Å²) in [6, 6.07) is 14.0. The third-order valence-corrected chi connectivity index (χ3v) is 5.69. The number of Topliss-reactive ketones (excluding diaryl/α,β-unsaturated/α-hetero) is 1. The number of ether oxygens (including phenoxy) is 1. The number of hydrogen-bond donors (Lipinski definition) is 3. The van der Waals surface area contributed by atoms with E-state index in [0.29, 0.717) is 29.5 Å². The third-order valence-electron chi connectivity index (χ3n) is 5.69. The minimum Gasteiger partial charge on any atom is -0.406 e. The largest absolute Gasteiger partial charge is 0.573 e. The molecule has 0 aliphatic heterocycles. The van der Waals surface area contributed by atoms with Crippen molar-refractivity contribution in [1.29, 1.82) is 0 Å². The van der Waals surface area contributed by atoms with Gasteiger partial charge in [-0.05, 0) is 49.7 Å². The van der Waals surface area contributed by atoms with Crippen molar-refractivity contribution in [3.8, 4) is 5.75 Å². The summed E-state index contributed by atoms with van der Waals surface area (Å²) in [5.74, 6) is -6.08. The smallest absolute Gasteiger partial charge is 0.406 e. The quantitative estimate of drug-likeness (QED) is 0.239. The number of amides is 3. The van der Waals surface area contributed by atoms with Crippen molar-refractivity contribution in [1.82, 2.24) is 20.9 Å². The Hall–Kier alpha value is -4.81. The molecule has 0 fully saturated rings. The zero-order valence-corrected chi connectivity index (χ0v) is 21.9. The molecule has 0 saturated carbocycles. The van der Waals surface area contributed by atoms with E-state index in [9.17, 15) is 36.7 Å². The van der Waals surface area contributed by atoms with E-state index < -0.39 is 58.6 Å². The summed E-state index contributed by atoms with van der Waals surface area (Å²) in [6.07, 6.45) is -3.63. The van der Waals surface area contributed by atoms with Crippen LogP contribution in [0.4, 0.5) is 17.6 Å². The number of hydrogen-bond acceptors (Lipinski definition) is 6. The van der Waals surface area contributed by atoms with Crippen LogP contribution in [-0.4, -0.2) is 46.4 Å². The monoisotopic (exact) mass is 574 g/mol. The Labute approximate surface area is 232 Å². The molecule has 1 atom stereocenters. The predicted molar refractivity (Wildman–Crippen MR) is 138 cm³/mol. The van der Waals surface area contributed by atoms with Crippen LogP contribution in [0.15, 0.2) is 72.9 Å². The molecule has 2 aromatic carbocycles. The zero-order chi connectivity index (χ0) is 30.2. The molecule has 0 unspecified atom stereocenters. The second kappa shape index (κ2) is 13.0. The van der Waals surface area contributed by atoms with E-state index >= 15 is 0 Å². The van der Waals surface area contributed by atoms with Gasteiger partial charge in [0.2, 0.25) is 11.7 Å². The lowest BCUT2D eigenvalue weighted by molar-refractivity contribution is -0.274. The number of ketones is 1. The number of carbonyl (C=O) groups is 4. The number of aromatic nitrogens is 1. The van der Waals surface area contributed by atoms with E-state index in [1.165, 1.54) is 20.0 Å². The lowest BCUT2D eigenvalue weighted by Crippen LogP contribution is -2.59. The number of nitrogens with zero attached hydrogens (tertiary/aromatic N) is 1. The molecule has 9 nitrogen and oxygen atoms in total. The average Bonchev–Trinajstić information content (AvgIpc) is 2.92. The number of rotatable bonds is 11. The number of benzene rings is 2. The first-order chi connectivity index (χ1) is 19.2. The summed E-state index contributed by atoms with van der Waals surface area (Å²) in [5.41, 5.74) is -1.49. The van der Waals surface area contributed by atoms with Crippen molar-refractivity contribution in [2.75, 3.05) is 0 Å². The number of alkyl halides is 3. The van der Waals surface area contributed by atoms with Crippen molar-refractivity contribution in [2.24, 2.45) is 0 Å². The van der Waals surface area contributed by atoms with Crippen LogP contribution in [-0.2, 0) is 27.3 Å². The Morgan fingerprint density at radius 3 is 2.27 bits per heavy atom. The molecule has 0 saturated heterocycles. The summed E-state index contributed by atoms with van der Waals surface area (Å²) in [4.78, 5) is 55.7. The maximum absolute atomic E-state index is 14.3. The van der Waals surface area contributed by atoms with Crippen LogP contribution in [0.3, 0.4) is 0 Å². The van der Waals surface area contributed by atoms with E-state index in [1.54, 1.807) is 48.5 Å². The van der Waals surface area contributed by atoms with Crippen molar-refractivity contribution < 1.29 is 41.5 Å².